The van der Waals surface area contributed by atoms with Crippen molar-refractivity contribution in [1.82, 2.24) is 14.5 Å². The molecule has 0 amide bonds. The average Bonchev–Trinajstić information content (AvgIpc) is 3.04. The van der Waals surface area contributed by atoms with Gasteiger partial charge in [-0.1, -0.05) is 12.1 Å². The maximum Gasteiger partial charge on any atom is 0.141 e. The van der Waals surface area contributed by atoms with Crippen molar-refractivity contribution >= 4 is 28.6 Å². The van der Waals surface area contributed by atoms with Gasteiger partial charge < -0.3 is 14.6 Å². The molecule has 2 aromatic heterocycles. The Labute approximate surface area is 164 Å². The molecule has 2 aliphatic rings. The molecular weight excluding hydrogens is 348 g/mol. The summed E-state index contributed by atoms with van der Waals surface area (Å²) in [5.74, 6) is 1.05. The standard InChI is InChI=1S/C23H24N4O/c1-26-21(11-4-10-20(28)18-9-2-3-12-24-18)25-19-15-16-7-5-13-27-14-6-8-17(22(16)27)23(19)26/h2-4,9-12,15,28H,5-8,13-14H2,1H3. The first-order valence-electron chi connectivity index (χ1n) is 9.97. The highest BCUT2D eigenvalue weighted by atomic mass is 16.3. The van der Waals surface area contributed by atoms with Gasteiger partial charge in [-0.3, -0.25) is 4.98 Å². The summed E-state index contributed by atoms with van der Waals surface area (Å²) >= 11 is 0. The van der Waals surface area contributed by atoms with E-state index in [-0.39, 0.29) is 5.76 Å². The van der Waals surface area contributed by atoms with Crippen LogP contribution in [0.15, 0.2) is 42.6 Å². The molecule has 0 saturated heterocycles. The highest BCUT2D eigenvalue weighted by molar-refractivity contribution is 5.89. The number of aliphatic hydroxyl groups excluding tert-OH is 1. The minimum absolute atomic E-state index is 0.150. The van der Waals surface area contributed by atoms with Gasteiger partial charge in [-0.15, -0.1) is 0 Å². The highest BCUT2D eigenvalue weighted by Gasteiger charge is 2.27. The van der Waals surface area contributed by atoms with Crippen molar-refractivity contribution in [3.8, 4) is 0 Å². The highest BCUT2D eigenvalue weighted by Crippen LogP contribution is 2.39. The van der Waals surface area contributed by atoms with Crippen LogP contribution in [0, 0.1) is 0 Å². The molecule has 1 aromatic carbocycles. The molecule has 0 aliphatic carbocycles. The number of hydrogen-bond donors (Lipinski definition) is 1. The van der Waals surface area contributed by atoms with E-state index in [4.69, 9.17) is 4.98 Å². The van der Waals surface area contributed by atoms with Crippen molar-refractivity contribution in [1.29, 1.82) is 0 Å². The van der Waals surface area contributed by atoms with Gasteiger partial charge in [0, 0.05) is 37.6 Å². The van der Waals surface area contributed by atoms with Gasteiger partial charge in [-0.2, -0.15) is 0 Å². The van der Waals surface area contributed by atoms with E-state index in [0.717, 1.165) is 24.2 Å². The summed E-state index contributed by atoms with van der Waals surface area (Å²) in [6.07, 6.45) is 11.8. The van der Waals surface area contributed by atoms with E-state index in [1.165, 1.54) is 48.3 Å². The first-order chi connectivity index (χ1) is 13.7. The van der Waals surface area contributed by atoms with E-state index < -0.39 is 0 Å². The maximum absolute atomic E-state index is 10.2. The predicted molar refractivity (Wildman–Crippen MR) is 113 cm³/mol. The van der Waals surface area contributed by atoms with Crippen LogP contribution < -0.4 is 4.90 Å². The van der Waals surface area contributed by atoms with Crippen molar-refractivity contribution in [2.45, 2.75) is 25.7 Å². The molecule has 3 aromatic rings. The lowest BCUT2D eigenvalue weighted by atomic mass is 9.91. The van der Waals surface area contributed by atoms with Crippen LogP contribution in [0.2, 0.25) is 0 Å². The van der Waals surface area contributed by atoms with Crippen molar-refractivity contribution < 1.29 is 5.11 Å². The molecule has 0 saturated carbocycles. The molecule has 5 heteroatoms. The van der Waals surface area contributed by atoms with Gasteiger partial charge in [0.1, 0.15) is 17.3 Å². The molecule has 2 aliphatic heterocycles. The number of hydrogen-bond acceptors (Lipinski definition) is 4. The number of aliphatic hydroxyl groups is 1. The van der Waals surface area contributed by atoms with Crippen molar-refractivity contribution in [2.75, 3.05) is 18.0 Å². The monoisotopic (exact) mass is 372 g/mol. The molecule has 0 unspecified atom stereocenters. The van der Waals surface area contributed by atoms with Crippen LogP contribution in [0.5, 0.6) is 0 Å². The van der Waals surface area contributed by atoms with Crippen molar-refractivity contribution in [3.05, 3.63) is 65.3 Å². The molecule has 5 nitrogen and oxygen atoms in total. The maximum atomic E-state index is 10.2. The molecule has 0 spiro atoms. The number of aromatic nitrogens is 3. The first-order valence-corrected chi connectivity index (χ1v) is 9.97. The Morgan fingerprint density at radius 2 is 2.04 bits per heavy atom. The number of aryl methyl sites for hydroxylation is 3. The topological polar surface area (TPSA) is 54.2 Å². The van der Waals surface area contributed by atoms with Crippen LogP contribution in [0.4, 0.5) is 5.69 Å². The van der Waals surface area contributed by atoms with Crippen molar-refractivity contribution in [2.24, 2.45) is 7.05 Å². The molecule has 1 N–H and O–H groups in total. The number of allylic oxidation sites excluding steroid dienone is 2. The fourth-order valence-electron chi connectivity index (χ4n) is 4.57. The predicted octanol–water partition coefficient (Wildman–Crippen LogP) is 4.28. The van der Waals surface area contributed by atoms with Gasteiger partial charge in [-0.25, -0.2) is 4.98 Å². The van der Waals surface area contributed by atoms with Crippen LogP contribution in [-0.2, 0) is 19.9 Å². The number of rotatable bonds is 3. The van der Waals surface area contributed by atoms with Gasteiger partial charge in [0.05, 0.1) is 11.0 Å². The number of anilines is 1. The Morgan fingerprint density at radius 1 is 1.18 bits per heavy atom. The van der Waals surface area contributed by atoms with E-state index >= 15 is 0 Å². The second-order valence-electron chi connectivity index (χ2n) is 7.58. The normalized spacial score (nSPS) is 16.8. The minimum Gasteiger partial charge on any atom is -0.506 e. The van der Waals surface area contributed by atoms with Crippen LogP contribution in [-0.4, -0.2) is 32.7 Å². The van der Waals surface area contributed by atoms with Crippen molar-refractivity contribution in [3.63, 3.8) is 0 Å². The zero-order valence-electron chi connectivity index (χ0n) is 16.1. The quantitative estimate of drug-likeness (QED) is 0.551. The summed E-state index contributed by atoms with van der Waals surface area (Å²) in [5, 5.41) is 10.2. The summed E-state index contributed by atoms with van der Waals surface area (Å²) in [5.41, 5.74) is 7.28. The molecular formula is C23H24N4O. The SMILES string of the molecule is Cn1c(C=CC=C(O)c2ccccn2)nc2cc3c4c(c21)CCCN4CCC3. The van der Waals surface area contributed by atoms with Gasteiger partial charge in [0.25, 0.3) is 0 Å². The minimum atomic E-state index is 0.150. The lowest BCUT2D eigenvalue weighted by Gasteiger charge is -2.37. The second kappa shape index (κ2) is 6.82. The fraction of sp³-hybridized carbons (Fsp3) is 0.304. The molecule has 4 heterocycles. The summed E-state index contributed by atoms with van der Waals surface area (Å²) in [4.78, 5) is 11.6. The lowest BCUT2D eigenvalue weighted by molar-refractivity contribution is 0.508. The van der Waals surface area contributed by atoms with Crippen LogP contribution in [0.25, 0.3) is 22.9 Å². The van der Waals surface area contributed by atoms with E-state index in [1.54, 1.807) is 18.3 Å². The molecule has 142 valence electrons. The number of benzene rings is 1. The fourth-order valence-corrected chi connectivity index (χ4v) is 4.57. The third kappa shape index (κ3) is 2.78. The van der Waals surface area contributed by atoms with Gasteiger partial charge in [0.2, 0.25) is 0 Å². The van der Waals surface area contributed by atoms with Crippen LogP contribution >= 0.6 is 0 Å². The zero-order valence-corrected chi connectivity index (χ0v) is 16.1. The molecule has 5 rings (SSSR count). The van der Waals surface area contributed by atoms with Crippen LogP contribution in [0.1, 0.15) is 35.5 Å². The van der Waals surface area contributed by atoms with Gasteiger partial charge in [0.15, 0.2) is 0 Å². The van der Waals surface area contributed by atoms with E-state index in [1.807, 2.05) is 24.3 Å². The second-order valence-corrected chi connectivity index (χ2v) is 7.58. The number of imidazole rings is 1. The Balaban J connectivity index is 1.54. The first kappa shape index (κ1) is 17.0. The Kier molecular flexibility index (Phi) is 4.15. The van der Waals surface area contributed by atoms with E-state index in [0.29, 0.717) is 5.69 Å². The lowest BCUT2D eigenvalue weighted by Crippen LogP contribution is -2.34. The van der Waals surface area contributed by atoms with Gasteiger partial charge in [-0.05, 0) is 61.6 Å². The number of pyridine rings is 1. The smallest absolute Gasteiger partial charge is 0.141 e. The van der Waals surface area contributed by atoms with E-state index in [9.17, 15) is 5.11 Å². The molecule has 0 bridgehead atoms. The van der Waals surface area contributed by atoms with Crippen LogP contribution in [0.3, 0.4) is 0 Å². The summed E-state index contributed by atoms with van der Waals surface area (Å²) in [6.45, 7) is 2.35. The molecule has 0 fully saturated rings. The Hall–Kier alpha value is -3.08. The summed E-state index contributed by atoms with van der Waals surface area (Å²) in [6, 6.07) is 7.76. The summed E-state index contributed by atoms with van der Waals surface area (Å²) in [7, 11) is 2.09. The Bertz CT molecular complexity index is 1090. The average molecular weight is 372 g/mol. The molecule has 0 atom stereocenters. The molecule has 28 heavy (non-hydrogen) atoms. The summed E-state index contributed by atoms with van der Waals surface area (Å²) < 4.78 is 2.19. The third-order valence-corrected chi connectivity index (χ3v) is 5.82. The van der Waals surface area contributed by atoms with Gasteiger partial charge >= 0.3 is 0 Å². The van der Waals surface area contributed by atoms with E-state index in [2.05, 4.69) is 27.6 Å². The number of nitrogens with zero attached hydrogens (tertiary/aromatic N) is 4. The molecule has 0 radical (unpaired) electrons. The Morgan fingerprint density at radius 3 is 2.86 bits per heavy atom. The zero-order chi connectivity index (χ0) is 19.1. The third-order valence-electron chi connectivity index (χ3n) is 5.82. The largest absolute Gasteiger partial charge is 0.506 e. The number of fused-ring (bicyclic) bond motifs is 2.